The van der Waals surface area contributed by atoms with E-state index in [1.807, 2.05) is 0 Å². The van der Waals surface area contributed by atoms with E-state index in [4.69, 9.17) is 0 Å². The van der Waals surface area contributed by atoms with Gasteiger partial charge in [-0.2, -0.15) is 8.42 Å². The predicted octanol–water partition coefficient (Wildman–Crippen LogP) is 1.42. The van der Waals surface area contributed by atoms with Crippen molar-refractivity contribution in [2.75, 3.05) is 0 Å². The third-order valence-corrected chi connectivity index (χ3v) is 3.65. The summed E-state index contributed by atoms with van der Waals surface area (Å²) in [7, 11) is -5.29. The highest BCUT2D eigenvalue weighted by atomic mass is 32.2. The molecule has 0 atom stereocenters. The summed E-state index contributed by atoms with van der Waals surface area (Å²) in [6, 6.07) is 0.856. The molecule has 11 heavy (non-hydrogen) atoms. The van der Waals surface area contributed by atoms with Gasteiger partial charge in [0.05, 0.1) is 0 Å². The summed E-state index contributed by atoms with van der Waals surface area (Å²) < 4.78 is 30.4. The van der Waals surface area contributed by atoms with E-state index >= 15 is 0 Å². The van der Waals surface area contributed by atoms with Crippen LogP contribution in [0.5, 0.6) is 0 Å². The normalized spacial score (nSPS) is 13.1. The lowest BCUT2D eigenvalue weighted by molar-refractivity contribution is 0.468. The molecule has 0 amide bonds. The third-order valence-electron chi connectivity index (χ3n) is 1.22. The lowest BCUT2D eigenvalue weighted by Gasteiger charge is -2.11. The standard InChI is InChI=1S/C6H14O3SSi/c1-11(2,3)6-4-5-10(7,8)9/h5H,4,6H2,1-3H3. The van der Waals surface area contributed by atoms with Crippen LogP contribution < -0.4 is 0 Å². The summed E-state index contributed by atoms with van der Waals surface area (Å²) in [6.45, 7) is 6.41. The van der Waals surface area contributed by atoms with Crippen molar-refractivity contribution in [3.8, 4) is 0 Å². The van der Waals surface area contributed by atoms with Crippen LogP contribution in [-0.2, 0) is 10.1 Å². The average Bonchev–Trinajstić information content (AvgIpc) is 1.55. The van der Waals surface area contributed by atoms with Crippen LogP contribution in [0.1, 0.15) is 6.42 Å². The first kappa shape index (κ1) is 11.0. The maximum atomic E-state index is 10.1. The molecule has 0 unspecified atom stereocenters. The molecule has 0 heterocycles. The maximum Gasteiger partial charge on any atom is 0.249 e. The van der Waals surface area contributed by atoms with E-state index in [9.17, 15) is 13.0 Å². The molecule has 3 nitrogen and oxygen atoms in total. The van der Waals surface area contributed by atoms with Gasteiger partial charge in [0.1, 0.15) is 6.42 Å². The lowest BCUT2D eigenvalue weighted by atomic mass is 10.6. The molecule has 0 aliphatic rings. The summed E-state index contributed by atoms with van der Waals surface area (Å²) in [4.78, 5) is 0. The van der Waals surface area contributed by atoms with Crippen molar-refractivity contribution in [1.29, 1.82) is 0 Å². The van der Waals surface area contributed by atoms with E-state index < -0.39 is 18.2 Å². The van der Waals surface area contributed by atoms with Crippen LogP contribution in [0.4, 0.5) is 0 Å². The summed E-state index contributed by atoms with van der Waals surface area (Å²) in [5.74, 6) is 0.866. The molecular formula is C6H14O3SSi. The van der Waals surface area contributed by atoms with Crippen molar-refractivity contribution in [3.63, 3.8) is 0 Å². The van der Waals surface area contributed by atoms with Crippen LogP contribution in [0.2, 0.25) is 25.7 Å². The zero-order valence-electron chi connectivity index (χ0n) is 7.12. The minimum atomic E-state index is -4.10. The monoisotopic (exact) mass is 194 g/mol. The van der Waals surface area contributed by atoms with Gasteiger partial charge in [-0.05, 0) is 6.04 Å². The first-order valence-corrected chi connectivity index (χ1v) is 8.68. The van der Waals surface area contributed by atoms with Crippen LogP contribution >= 0.6 is 0 Å². The van der Waals surface area contributed by atoms with Gasteiger partial charge in [-0.25, -0.2) is 0 Å². The molecule has 0 spiro atoms. The topological polar surface area (TPSA) is 57.2 Å². The first-order chi connectivity index (χ1) is 4.71. The second kappa shape index (κ2) is 3.60. The van der Waals surface area contributed by atoms with Crippen molar-refractivity contribution in [2.45, 2.75) is 32.1 Å². The largest absolute Gasteiger partial charge is 0.711 e. The van der Waals surface area contributed by atoms with E-state index in [0.29, 0.717) is 6.42 Å². The average molecular weight is 194 g/mol. The number of hydrogen-bond donors (Lipinski definition) is 0. The Balaban J connectivity index is 3.61. The predicted molar refractivity (Wildman–Crippen MR) is 46.8 cm³/mol. The van der Waals surface area contributed by atoms with E-state index in [2.05, 4.69) is 19.6 Å². The summed E-state index contributed by atoms with van der Waals surface area (Å²) in [5.41, 5.74) is 0. The highest BCUT2D eigenvalue weighted by Crippen LogP contribution is 2.13. The van der Waals surface area contributed by atoms with Crippen molar-refractivity contribution in [1.82, 2.24) is 0 Å². The van der Waals surface area contributed by atoms with E-state index in [1.165, 1.54) is 0 Å². The van der Waals surface area contributed by atoms with Crippen molar-refractivity contribution >= 4 is 18.2 Å². The molecule has 0 aliphatic carbocycles. The van der Waals surface area contributed by atoms with Crippen molar-refractivity contribution < 1.29 is 13.0 Å². The molecular weight excluding hydrogens is 180 g/mol. The van der Waals surface area contributed by atoms with Gasteiger partial charge in [-0.1, -0.05) is 19.6 Å². The van der Waals surface area contributed by atoms with E-state index in [0.717, 1.165) is 11.8 Å². The molecule has 66 valence electrons. The third kappa shape index (κ3) is 10.00. The highest BCUT2D eigenvalue weighted by Gasteiger charge is 2.17. The molecule has 0 rings (SSSR count). The van der Waals surface area contributed by atoms with Crippen LogP contribution in [0.25, 0.3) is 0 Å². The summed E-state index contributed by atoms with van der Waals surface area (Å²) in [5, 5.41) is 0. The lowest BCUT2D eigenvalue weighted by Crippen LogP contribution is -2.19. The molecule has 0 aromatic carbocycles. The Bertz CT molecular complexity index is 202. The fourth-order valence-corrected chi connectivity index (χ4v) is 2.26. The Labute approximate surface area is 69.6 Å². The minimum absolute atomic E-state index is 0.404. The molecule has 0 fully saturated rings. The minimum Gasteiger partial charge on any atom is -0.711 e. The molecule has 0 saturated heterocycles. The Kier molecular flexibility index (Phi) is 3.60. The molecule has 0 bridgehead atoms. The molecule has 0 radical (unpaired) electrons. The molecule has 0 aromatic rings. The number of hydrogen-bond acceptors (Lipinski definition) is 3. The first-order valence-electron chi connectivity index (χ1n) is 3.50. The van der Waals surface area contributed by atoms with Crippen LogP contribution in [0, 0.1) is 5.75 Å². The van der Waals surface area contributed by atoms with Gasteiger partial charge in [0.15, 0.2) is 5.75 Å². The van der Waals surface area contributed by atoms with Gasteiger partial charge >= 0.3 is 0 Å². The van der Waals surface area contributed by atoms with Gasteiger partial charge in [-0.3, -0.25) is 0 Å². The second-order valence-electron chi connectivity index (χ2n) is 3.76. The van der Waals surface area contributed by atoms with Gasteiger partial charge < -0.3 is 4.55 Å². The van der Waals surface area contributed by atoms with Gasteiger partial charge in [0, 0.05) is 8.07 Å². The van der Waals surface area contributed by atoms with Crippen LogP contribution in [0.3, 0.4) is 0 Å². The summed E-state index contributed by atoms with van der Waals surface area (Å²) in [6.07, 6.45) is 0.404. The zero-order valence-corrected chi connectivity index (χ0v) is 8.94. The smallest absolute Gasteiger partial charge is 0.249 e. The second-order valence-corrected chi connectivity index (χ2v) is 10.7. The van der Waals surface area contributed by atoms with Crippen LogP contribution in [-0.4, -0.2) is 21.0 Å². The Morgan fingerprint density at radius 2 is 1.82 bits per heavy atom. The Morgan fingerprint density at radius 3 is 2.09 bits per heavy atom. The molecule has 0 N–H and O–H groups in total. The van der Waals surface area contributed by atoms with Crippen molar-refractivity contribution in [3.05, 3.63) is 5.75 Å². The summed E-state index contributed by atoms with van der Waals surface area (Å²) >= 11 is 0. The van der Waals surface area contributed by atoms with Crippen molar-refractivity contribution in [2.24, 2.45) is 0 Å². The van der Waals surface area contributed by atoms with Gasteiger partial charge in [-0.15, -0.1) is 0 Å². The van der Waals surface area contributed by atoms with Crippen LogP contribution in [0.15, 0.2) is 0 Å². The molecule has 0 aromatic heterocycles. The Morgan fingerprint density at radius 1 is 1.36 bits per heavy atom. The quantitative estimate of drug-likeness (QED) is 0.386. The SMILES string of the molecule is C[Si](C)(C)CC[CH+]S(=O)(=O)[O-]. The number of rotatable bonds is 4. The van der Waals surface area contributed by atoms with E-state index in [-0.39, 0.29) is 0 Å². The fourth-order valence-electron chi connectivity index (χ4n) is 0.636. The molecule has 0 aliphatic heterocycles. The zero-order chi connectivity index (χ0) is 9.12. The highest BCUT2D eigenvalue weighted by molar-refractivity contribution is 7.87. The van der Waals surface area contributed by atoms with E-state index in [1.54, 1.807) is 0 Å². The molecule has 5 heteroatoms. The van der Waals surface area contributed by atoms with Gasteiger partial charge in [0.2, 0.25) is 10.1 Å². The molecule has 0 saturated carbocycles. The Hall–Kier alpha value is -0.00312. The van der Waals surface area contributed by atoms with Gasteiger partial charge in [0.25, 0.3) is 0 Å². The fraction of sp³-hybridized carbons (Fsp3) is 0.833. The maximum absolute atomic E-state index is 10.1.